The van der Waals surface area contributed by atoms with E-state index in [4.69, 9.17) is 15.2 Å². The van der Waals surface area contributed by atoms with Gasteiger partial charge in [-0.2, -0.15) is 0 Å². The number of ether oxygens (including phenoxy) is 2. The molecular weight excluding hydrogens is 240 g/mol. The summed E-state index contributed by atoms with van der Waals surface area (Å²) in [4.78, 5) is 0. The standard InChI is InChI=1S/C13H19F2NO2/c1-2-3-4-17-5-6-18-13-11(14)7-10(9-16)8-12(13)15/h7-8H,2-6,9,16H2,1H3. The van der Waals surface area contributed by atoms with Crippen molar-refractivity contribution in [3.8, 4) is 5.75 Å². The largest absolute Gasteiger partial charge is 0.485 e. The Morgan fingerprint density at radius 1 is 1.11 bits per heavy atom. The van der Waals surface area contributed by atoms with Crippen molar-refractivity contribution >= 4 is 0 Å². The van der Waals surface area contributed by atoms with Gasteiger partial charge in [0, 0.05) is 13.2 Å². The van der Waals surface area contributed by atoms with Crippen molar-refractivity contribution in [3.05, 3.63) is 29.3 Å². The molecule has 0 aliphatic rings. The van der Waals surface area contributed by atoms with Gasteiger partial charge in [0.25, 0.3) is 0 Å². The van der Waals surface area contributed by atoms with Crippen LogP contribution in [0, 0.1) is 11.6 Å². The molecule has 0 saturated carbocycles. The highest BCUT2D eigenvalue weighted by Crippen LogP contribution is 2.23. The summed E-state index contributed by atoms with van der Waals surface area (Å²) >= 11 is 0. The average molecular weight is 259 g/mol. The van der Waals surface area contributed by atoms with E-state index in [1.807, 2.05) is 0 Å². The van der Waals surface area contributed by atoms with E-state index < -0.39 is 11.6 Å². The Hall–Kier alpha value is -1.20. The maximum atomic E-state index is 13.5. The molecule has 0 radical (unpaired) electrons. The predicted molar refractivity (Wildman–Crippen MR) is 65.5 cm³/mol. The highest BCUT2D eigenvalue weighted by molar-refractivity contribution is 5.31. The topological polar surface area (TPSA) is 44.5 Å². The molecule has 0 heterocycles. The maximum absolute atomic E-state index is 13.5. The SMILES string of the molecule is CCCCOCCOc1c(F)cc(CN)cc1F. The van der Waals surface area contributed by atoms with Gasteiger partial charge in [-0.25, -0.2) is 8.78 Å². The van der Waals surface area contributed by atoms with Gasteiger partial charge in [0.15, 0.2) is 17.4 Å². The first-order valence-electron chi connectivity index (χ1n) is 6.07. The third-order valence-electron chi connectivity index (χ3n) is 2.41. The molecule has 0 saturated heterocycles. The van der Waals surface area contributed by atoms with E-state index >= 15 is 0 Å². The van der Waals surface area contributed by atoms with Crippen molar-refractivity contribution in [2.45, 2.75) is 26.3 Å². The van der Waals surface area contributed by atoms with Gasteiger partial charge in [-0.05, 0) is 24.1 Å². The van der Waals surface area contributed by atoms with Crippen LogP contribution in [0.1, 0.15) is 25.3 Å². The van der Waals surface area contributed by atoms with E-state index in [0.717, 1.165) is 12.8 Å². The average Bonchev–Trinajstić information content (AvgIpc) is 2.35. The molecule has 0 unspecified atom stereocenters. The fourth-order valence-corrected chi connectivity index (χ4v) is 1.42. The number of hydrogen-bond acceptors (Lipinski definition) is 3. The zero-order valence-corrected chi connectivity index (χ0v) is 10.5. The molecule has 102 valence electrons. The van der Waals surface area contributed by atoms with Crippen molar-refractivity contribution in [1.82, 2.24) is 0 Å². The Balaban J connectivity index is 2.42. The number of benzene rings is 1. The zero-order valence-electron chi connectivity index (χ0n) is 10.5. The van der Waals surface area contributed by atoms with Gasteiger partial charge in [0.1, 0.15) is 6.61 Å². The van der Waals surface area contributed by atoms with Crippen LogP contribution in [-0.4, -0.2) is 19.8 Å². The monoisotopic (exact) mass is 259 g/mol. The molecule has 0 fully saturated rings. The zero-order chi connectivity index (χ0) is 13.4. The molecule has 0 bridgehead atoms. The summed E-state index contributed by atoms with van der Waals surface area (Å²) in [6.45, 7) is 3.23. The van der Waals surface area contributed by atoms with Crippen LogP contribution in [0.15, 0.2) is 12.1 Å². The van der Waals surface area contributed by atoms with E-state index in [1.165, 1.54) is 12.1 Å². The molecule has 0 amide bonds. The Morgan fingerprint density at radius 3 is 2.33 bits per heavy atom. The van der Waals surface area contributed by atoms with Crippen LogP contribution < -0.4 is 10.5 Å². The predicted octanol–water partition coefficient (Wildman–Crippen LogP) is 2.62. The van der Waals surface area contributed by atoms with Crippen molar-refractivity contribution in [1.29, 1.82) is 0 Å². The lowest BCUT2D eigenvalue weighted by molar-refractivity contribution is 0.0951. The van der Waals surface area contributed by atoms with E-state index in [-0.39, 0.29) is 18.9 Å². The van der Waals surface area contributed by atoms with Crippen LogP contribution in [0.3, 0.4) is 0 Å². The Labute approximate surface area is 106 Å². The molecule has 0 aliphatic heterocycles. The summed E-state index contributed by atoms with van der Waals surface area (Å²) in [6.07, 6.45) is 2.01. The minimum Gasteiger partial charge on any atom is -0.485 e. The second kappa shape index (κ2) is 8.00. The molecule has 0 aromatic heterocycles. The van der Waals surface area contributed by atoms with Crippen molar-refractivity contribution in [2.75, 3.05) is 19.8 Å². The minimum atomic E-state index is -0.732. The van der Waals surface area contributed by atoms with E-state index in [1.54, 1.807) is 0 Å². The second-order valence-corrected chi connectivity index (χ2v) is 3.91. The summed E-state index contributed by atoms with van der Waals surface area (Å²) < 4.78 is 37.2. The summed E-state index contributed by atoms with van der Waals surface area (Å²) in [6, 6.07) is 2.35. The first-order valence-corrected chi connectivity index (χ1v) is 6.07. The number of nitrogens with two attached hydrogens (primary N) is 1. The summed E-state index contributed by atoms with van der Waals surface area (Å²) in [5, 5.41) is 0. The first kappa shape index (κ1) is 14.9. The van der Waals surface area contributed by atoms with Gasteiger partial charge in [-0.3, -0.25) is 0 Å². The number of unbranched alkanes of at least 4 members (excludes halogenated alkanes) is 1. The lowest BCUT2D eigenvalue weighted by Gasteiger charge is -2.10. The molecule has 18 heavy (non-hydrogen) atoms. The van der Waals surface area contributed by atoms with Crippen LogP contribution in [-0.2, 0) is 11.3 Å². The molecule has 0 aliphatic carbocycles. The summed E-state index contributed by atoms with van der Waals surface area (Å²) in [7, 11) is 0. The lowest BCUT2D eigenvalue weighted by atomic mass is 10.2. The Kier molecular flexibility index (Phi) is 6.60. The van der Waals surface area contributed by atoms with Gasteiger partial charge in [-0.15, -0.1) is 0 Å². The van der Waals surface area contributed by atoms with Crippen LogP contribution in [0.2, 0.25) is 0 Å². The molecule has 1 aromatic carbocycles. The van der Waals surface area contributed by atoms with Crippen LogP contribution in [0.5, 0.6) is 5.75 Å². The number of hydrogen-bond donors (Lipinski definition) is 1. The minimum absolute atomic E-state index is 0.0915. The molecule has 0 atom stereocenters. The molecule has 1 rings (SSSR count). The highest BCUT2D eigenvalue weighted by Gasteiger charge is 2.11. The smallest absolute Gasteiger partial charge is 0.190 e. The molecule has 3 nitrogen and oxygen atoms in total. The van der Waals surface area contributed by atoms with E-state index in [9.17, 15) is 8.78 Å². The molecule has 2 N–H and O–H groups in total. The van der Waals surface area contributed by atoms with Crippen LogP contribution >= 0.6 is 0 Å². The van der Waals surface area contributed by atoms with E-state index in [0.29, 0.717) is 18.8 Å². The second-order valence-electron chi connectivity index (χ2n) is 3.91. The van der Waals surface area contributed by atoms with Crippen LogP contribution in [0.25, 0.3) is 0 Å². The summed E-state index contributed by atoms with van der Waals surface area (Å²) in [5.74, 6) is -1.83. The van der Waals surface area contributed by atoms with Gasteiger partial charge >= 0.3 is 0 Å². The molecule has 1 aromatic rings. The molecule has 0 spiro atoms. The molecule has 5 heteroatoms. The highest BCUT2D eigenvalue weighted by atomic mass is 19.1. The Morgan fingerprint density at radius 2 is 1.78 bits per heavy atom. The molecular formula is C13H19F2NO2. The third kappa shape index (κ3) is 4.58. The van der Waals surface area contributed by atoms with Gasteiger partial charge in [-0.1, -0.05) is 13.3 Å². The van der Waals surface area contributed by atoms with Crippen LogP contribution in [0.4, 0.5) is 8.78 Å². The first-order chi connectivity index (χ1) is 8.69. The fraction of sp³-hybridized carbons (Fsp3) is 0.538. The summed E-state index contributed by atoms with van der Waals surface area (Å²) in [5.41, 5.74) is 5.71. The normalized spacial score (nSPS) is 10.7. The number of halogens is 2. The Bertz CT molecular complexity index is 349. The van der Waals surface area contributed by atoms with Crippen molar-refractivity contribution in [3.63, 3.8) is 0 Å². The van der Waals surface area contributed by atoms with Gasteiger partial charge in [0.05, 0.1) is 6.61 Å². The van der Waals surface area contributed by atoms with Crippen molar-refractivity contribution < 1.29 is 18.3 Å². The quantitative estimate of drug-likeness (QED) is 0.730. The van der Waals surface area contributed by atoms with E-state index in [2.05, 4.69) is 6.92 Å². The lowest BCUT2D eigenvalue weighted by Crippen LogP contribution is -2.10. The maximum Gasteiger partial charge on any atom is 0.190 e. The fourth-order valence-electron chi connectivity index (χ4n) is 1.42. The number of rotatable bonds is 8. The van der Waals surface area contributed by atoms with Crippen molar-refractivity contribution in [2.24, 2.45) is 5.73 Å². The van der Waals surface area contributed by atoms with Gasteiger partial charge in [0.2, 0.25) is 0 Å². The third-order valence-corrected chi connectivity index (χ3v) is 2.41. The van der Waals surface area contributed by atoms with Gasteiger partial charge < -0.3 is 15.2 Å².